The lowest BCUT2D eigenvalue weighted by molar-refractivity contribution is -0.137. The van der Waals surface area contributed by atoms with Gasteiger partial charge in [-0.2, -0.15) is 0 Å². The topological polar surface area (TPSA) is 168 Å². The average Bonchev–Trinajstić information content (AvgIpc) is 3.59. The normalized spacial score (nSPS) is 18.6. The summed E-state index contributed by atoms with van der Waals surface area (Å²) >= 11 is 0. The first kappa shape index (κ1) is 30.8. The minimum Gasteiger partial charge on any atom is -0.494 e. The molecule has 43 heavy (non-hydrogen) atoms. The summed E-state index contributed by atoms with van der Waals surface area (Å²) in [7, 11) is 0. The number of aromatic amines is 2. The van der Waals surface area contributed by atoms with Gasteiger partial charge in [-0.15, -0.1) is 0 Å². The Labute approximate surface area is 249 Å². The van der Waals surface area contributed by atoms with Crippen molar-refractivity contribution in [3.05, 3.63) is 91.9 Å². The first-order chi connectivity index (χ1) is 20.4. The maximum atomic E-state index is 12.3. The van der Waals surface area contributed by atoms with Crippen molar-refractivity contribution in [3.8, 4) is 5.88 Å². The van der Waals surface area contributed by atoms with Crippen molar-refractivity contribution in [2.45, 2.75) is 59.4 Å². The molecule has 224 valence electrons. The molecule has 2 aliphatic heterocycles. The van der Waals surface area contributed by atoms with E-state index in [1.54, 1.807) is 19.1 Å². The van der Waals surface area contributed by atoms with E-state index in [0.29, 0.717) is 39.2 Å². The molecular formula is C33H36N4O6. The number of carbonyl (C=O) groups is 3. The van der Waals surface area contributed by atoms with Crippen LogP contribution < -0.4 is 16.0 Å². The number of nitrogens with zero attached hydrogens (tertiary/aromatic N) is 1. The summed E-state index contributed by atoms with van der Waals surface area (Å²) in [5, 5.41) is 33.3. The number of aliphatic imine (C=N–C) groups is 1. The van der Waals surface area contributed by atoms with Crippen LogP contribution in [0.4, 0.5) is 0 Å². The minimum atomic E-state index is -0.935. The maximum absolute atomic E-state index is 12.3. The number of aliphatic carboxylic acids is 2. The van der Waals surface area contributed by atoms with E-state index in [9.17, 15) is 29.7 Å². The van der Waals surface area contributed by atoms with Crippen LogP contribution in [-0.4, -0.2) is 54.9 Å². The van der Waals surface area contributed by atoms with Gasteiger partial charge in [0.1, 0.15) is 0 Å². The van der Waals surface area contributed by atoms with Crippen LogP contribution in [0.25, 0.3) is 18.2 Å². The second-order valence-corrected chi connectivity index (χ2v) is 10.7. The molecule has 0 saturated heterocycles. The molecule has 0 radical (unpaired) electrons. The molecule has 10 heteroatoms. The van der Waals surface area contributed by atoms with E-state index in [0.717, 1.165) is 33.2 Å². The molecule has 2 aliphatic rings. The van der Waals surface area contributed by atoms with Crippen molar-refractivity contribution in [1.29, 1.82) is 0 Å². The van der Waals surface area contributed by atoms with Gasteiger partial charge in [0.2, 0.25) is 0 Å². The summed E-state index contributed by atoms with van der Waals surface area (Å²) in [5.74, 6) is -2.06. The van der Waals surface area contributed by atoms with Crippen molar-refractivity contribution in [2.24, 2.45) is 4.99 Å². The molecule has 4 rings (SSSR count). The van der Waals surface area contributed by atoms with Gasteiger partial charge in [0, 0.05) is 51.6 Å². The van der Waals surface area contributed by atoms with Crippen LogP contribution >= 0.6 is 0 Å². The molecule has 1 unspecified atom stereocenters. The highest BCUT2D eigenvalue weighted by Crippen LogP contribution is 2.30. The quantitative estimate of drug-likeness (QED) is 0.236. The Kier molecular flexibility index (Phi) is 8.89. The Morgan fingerprint density at radius 1 is 0.930 bits per heavy atom. The van der Waals surface area contributed by atoms with Crippen LogP contribution in [0.1, 0.15) is 61.1 Å². The predicted octanol–water partition coefficient (Wildman–Crippen LogP) is 3.46. The van der Waals surface area contributed by atoms with Gasteiger partial charge in [0.05, 0.1) is 11.8 Å². The third-order valence-electron chi connectivity index (χ3n) is 8.04. The molecule has 10 nitrogen and oxygen atoms in total. The number of carboxylic acid groups (broad SMARTS) is 2. The second kappa shape index (κ2) is 12.4. The number of aromatic hydroxyl groups is 1. The van der Waals surface area contributed by atoms with Crippen LogP contribution in [-0.2, 0) is 20.8 Å². The summed E-state index contributed by atoms with van der Waals surface area (Å²) in [6.45, 7) is 15.0. The number of allylic oxidation sites excluding steroid dienone is 2. The van der Waals surface area contributed by atoms with Crippen LogP contribution in [0.5, 0.6) is 5.88 Å². The summed E-state index contributed by atoms with van der Waals surface area (Å²) in [6, 6.07) is -0.447. The number of hydrogen-bond donors (Lipinski definition) is 6. The minimum absolute atomic E-state index is 0.00751. The number of carbonyl (C=O) groups excluding carboxylic acids is 1. The molecule has 1 amide bonds. The third-order valence-corrected chi connectivity index (χ3v) is 8.04. The standard InChI is InChI=1S/C33H36N4O6/c1-7-20-19(6)32(42)37-27(20)14-25-18(5)23(10-12-31(40)41)29(35-25)15-28-22(9-11-30(38)39)17(4)24(34-28)13-26-16(3)21(8-2)33(43)36-26/h7-8,13-15,25,34,36,43H,1-2,9-12H2,3-6H3,(H,37,42)(H,38,39)(H,40,41)/b24-13-,27-14+,28-15-. The summed E-state index contributed by atoms with van der Waals surface area (Å²) in [5.41, 5.74) is 7.79. The fraction of sp³-hybridized carbons (Fsp3) is 0.273. The van der Waals surface area contributed by atoms with Crippen LogP contribution in [0.15, 0.2) is 58.3 Å². The van der Waals surface area contributed by atoms with E-state index >= 15 is 0 Å². The van der Waals surface area contributed by atoms with E-state index in [-0.39, 0.29) is 37.5 Å². The lowest BCUT2D eigenvalue weighted by atomic mass is 9.97. The molecule has 0 saturated carbocycles. The monoisotopic (exact) mass is 584 g/mol. The first-order valence-corrected chi connectivity index (χ1v) is 13.9. The number of nitrogens with one attached hydrogen (secondary N) is 3. The highest BCUT2D eigenvalue weighted by molar-refractivity contribution is 6.22. The van der Waals surface area contributed by atoms with Gasteiger partial charge in [-0.05, 0) is 86.6 Å². The largest absolute Gasteiger partial charge is 0.494 e. The lowest BCUT2D eigenvalue weighted by Crippen LogP contribution is -2.17. The maximum Gasteiger partial charge on any atom is 0.303 e. The van der Waals surface area contributed by atoms with Gasteiger partial charge >= 0.3 is 11.9 Å². The number of hydrogen-bond acceptors (Lipinski definition) is 5. The van der Waals surface area contributed by atoms with Crippen molar-refractivity contribution in [2.75, 3.05) is 0 Å². The highest BCUT2D eigenvalue weighted by Gasteiger charge is 2.27. The van der Waals surface area contributed by atoms with E-state index in [1.807, 2.05) is 39.0 Å². The van der Waals surface area contributed by atoms with Crippen molar-refractivity contribution in [1.82, 2.24) is 15.3 Å². The lowest BCUT2D eigenvalue weighted by Gasteiger charge is -2.08. The van der Waals surface area contributed by atoms with Gasteiger partial charge in [0.15, 0.2) is 5.88 Å². The van der Waals surface area contributed by atoms with Crippen LogP contribution in [0, 0.1) is 13.8 Å². The molecule has 2 aromatic rings. The smallest absolute Gasteiger partial charge is 0.303 e. The number of amides is 1. The van der Waals surface area contributed by atoms with E-state index in [2.05, 4.69) is 28.4 Å². The van der Waals surface area contributed by atoms with Crippen molar-refractivity contribution in [3.63, 3.8) is 0 Å². The number of aromatic nitrogens is 2. The van der Waals surface area contributed by atoms with Crippen molar-refractivity contribution >= 4 is 41.8 Å². The SMILES string of the molecule is C=CC1=C(C)C(=O)N/C1=C/C1N=C(/C=c2\[nH]/c(=C\c3[nH]c(O)c(C=C)c3C)c(C)c2CCC(=O)O)C(CCC(=O)O)=C1C. The summed E-state index contributed by atoms with van der Waals surface area (Å²) < 4.78 is 0. The summed E-state index contributed by atoms with van der Waals surface area (Å²) in [6.07, 6.45) is 9.04. The number of carboxylic acids is 2. The van der Waals surface area contributed by atoms with E-state index < -0.39 is 18.0 Å². The zero-order valence-electron chi connectivity index (χ0n) is 24.7. The molecule has 4 heterocycles. The third kappa shape index (κ3) is 6.23. The fourth-order valence-corrected chi connectivity index (χ4v) is 5.50. The summed E-state index contributed by atoms with van der Waals surface area (Å²) in [4.78, 5) is 46.5. The zero-order chi connectivity index (χ0) is 31.6. The molecule has 0 bridgehead atoms. The average molecular weight is 585 g/mol. The Morgan fingerprint density at radius 2 is 1.60 bits per heavy atom. The van der Waals surface area contributed by atoms with Gasteiger partial charge in [-0.25, -0.2) is 0 Å². The molecule has 6 N–H and O–H groups in total. The first-order valence-electron chi connectivity index (χ1n) is 13.9. The molecule has 1 atom stereocenters. The molecule has 0 fully saturated rings. The molecule has 0 aromatic carbocycles. The fourth-order valence-electron chi connectivity index (χ4n) is 5.50. The molecule has 0 aliphatic carbocycles. The Morgan fingerprint density at radius 3 is 2.21 bits per heavy atom. The Bertz CT molecular complexity index is 1810. The van der Waals surface area contributed by atoms with Gasteiger partial charge in [0.25, 0.3) is 5.91 Å². The second-order valence-electron chi connectivity index (χ2n) is 10.7. The predicted molar refractivity (Wildman–Crippen MR) is 166 cm³/mol. The van der Waals surface area contributed by atoms with E-state index in [4.69, 9.17) is 4.99 Å². The Balaban J connectivity index is 1.89. The molecule has 2 aromatic heterocycles. The van der Waals surface area contributed by atoms with Crippen molar-refractivity contribution < 1.29 is 29.7 Å². The number of rotatable bonds is 11. The van der Waals surface area contributed by atoms with E-state index in [1.165, 1.54) is 0 Å². The molecule has 0 spiro atoms. The number of H-pyrrole nitrogens is 2. The molecular weight excluding hydrogens is 548 g/mol. The van der Waals surface area contributed by atoms with Crippen LogP contribution in [0.3, 0.4) is 0 Å². The van der Waals surface area contributed by atoms with Gasteiger partial charge < -0.3 is 30.6 Å². The van der Waals surface area contributed by atoms with Gasteiger partial charge in [-0.1, -0.05) is 25.3 Å². The van der Waals surface area contributed by atoms with Crippen LogP contribution in [0.2, 0.25) is 0 Å². The Hall–Kier alpha value is -5.12. The van der Waals surface area contributed by atoms with Gasteiger partial charge in [-0.3, -0.25) is 19.4 Å². The zero-order valence-corrected chi connectivity index (χ0v) is 24.7. The highest BCUT2D eigenvalue weighted by atomic mass is 16.4.